The zero-order chi connectivity index (χ0) is 14.7. The number of likely N-dealkylation sites (tertiary alicyclic amines) is 1. The van der Waals surface area contributed by atoms with E-state index in [0.717, 1.165) is 17.8 Å². The average Bonchev–Trinajstić information content (AvgIpc) is 2.43. The van der Waals surface area contributed by atoms with Crippen LogP contribution in [0.3, 0.4) is 0 Å². The van der Waals surface area contributed by atoms with Gasteiger partial charge in [0.05, 0.1) is 0 Å². The number of anilines is 1. The number of nitrogens with one attached hydrogen (secondary N) is 1. The van der Waals surface area contributed by atoms with Crippen LogP contribution in [0, 0.1) is 11.8 Å². The molecule has 1 aromatic carbocycles. The van der Waals surface area contributed by atoms with Crippen molar-refractivity contribution in [1.29, 1.82) is 0 Å². The Kier molecular flexibility index (Phi) is 4.65. The van der Waals surface area contributed by atoms with Crippen LogP contribution in [0.5, 0.6) is 0 Å². The smallest absolute Gasteiger partial charge is 0.322 e. The third kappa shape index (κ3) is 3.31. The topological polar surface area (TPSA) is 58.4 Å². The Balaban J connectivity index is 2.06. The number of carbonyl (C=O) groups is 1. The minimum atomic E-state index is -0.00919. The molecule has 0 spiro atoms. The van der Waals surface area contributed by atoms with E-state index < -0.39 is 0 Å². The molecule has 2 amide bonds. The number of benzene rings is 1. The van der Waals surface area contributed by atoms with Crippen LogP contribution in [0.4, 0.5) is 10.5 Å². The van der Waals surface area contributed by atoms with Crippen LogP contribution >= 0.6 is 0 Å². The van der Waals surface area contributed by atoms with Gasteiger partial charge in [-0.25, -0.2) is 4.79 Å². The maximum atomic E-state index is 12.5. The van der Waals surface area contributed by atoms with Gasteiger partial charge in [0.1, 0.15) is 0 Å². The predicted octanol–water partition coefficient (Wildman–Crippen LogP) is 3.04. The highest BCUT2D eigenvalue weighted by molar-refractivity contribution is 5.89. The van der Waals surface area contributed by atoms with Gasteiger partial charge in [-0.2, -0.15) is 0 Å². The highest BCUT2D eigenvalue weighted by atomic mass is 16.2. The molecule has 3 atom stereocenters. The SMILES string of the molecule is CC1CC(C)C(C)N(C(=O)Nc2cccc(CN)c2)C1. The maximum absolute atomic E-state index is 12.5. The number of rotatable bonds is 2. The Morgan fingerprint density at radius 2 is 2.15 bits per heavy atom. The number of carbonyl (C=O) groups excluding carboxylic acids is 1. The summed E-state index contributed by atoms with van der Waals surface area (Å²) in [7, 11) is 0. The summed E-state index contributed by atoms with van der Waals surface area (Å²) in [4.78, 5) is 14.4. The number of nitrogens with two attached hydrogens (primary N) is 1. The summed E-state index contributed by atoms with van der Waals surface area (Å²) in [5, 5.41) is 2.99. The Hall–Kier alpha value is -1.55. The van der Waals surface area contributed by atoms with Crippen LogP contribution in [0.25, 0.3) is 0 Å². The highest BCUT2D eigenvalue weighted by Gasteiger charge is 2.31. The van der Waals surface area contributed by atoms with E-state index in [-0.39, 0.29) is 12.1 Å². The van der Waals surface area contributed by atoms with Crippen molar-refractivity contribution in [3.63, 3.8) is 0 Å². The number of hydrogen-bond acceptors (Lipinski definition) is 2. The van der Waals surface area contributed by atoms with Crippen molar-refractivity contribution in [3.05, 3.63) is 29.8 Å². The second-order valence-electron chi connectivity index (χ2n) is 6.05. The van der Waals surface area contributed by atoms with E-state index in [1.165, 1.54) is 6.42 Å². The lowest BCUT2D eigenvalue weighted by Crippen LogP contribution is -2.50. The second-order valence-corrected chi connectivity index (χ2v) is 6.05. The molecule has 4 nitrogen and oxygen atoms in total. The third-order valence-corrected chi connectivity index (χ3v) is 4.27. The van der Waals surface area contributed by atoms with Gasteiger partial charge in [-0.1, -0.05) is 26.0 Å². The molecule has 20 heavy (non-hydrogen) atoms. The highest BCUT2D eigenvalue weighted by Crippen LogP contribution is 2.27. The van der Waals surface area contributed by atoms with Gasteiger partial charge in [-0.15, -0.1) is 0 Å². The fourth-order valence-electron chi connectivity index (χ4n) is 2.95. The van der Waals surface area contributed by atoms with Crippen molar-refractivity contribution in [2.24, 2.45) is 17.6 Å². The third-order valence-electron chi connectivity index (χ3n) is 4.27. The molecule has 0 radical (unpaired) electrons. The normalized spacial score (nSPS) is 26.4. The minimum Gasteiger partial charge on any atom is -0.326 e. The quantitative estimate of drug-likeness (QED) is 0.871. The van der Waals surface area contributed by atoms with Crippen LogP contribution in [0.15, 0.2) is 24.3 Å². The molecule has 4 heteroatoms. The Morgan fingerprint density at radius 3 is 2.85 bits per heavy atom. The van der Waals surface area contributed by atoms with Gasteiger partial charge < -0.3 is 16.0 Å². The molecule has 1 aromatic rings. The van der Waals surface area contributed by atoms with Crippen molar-refractivity contribution in [2.45, 2.75) is 39.8 Å². The van der Waals surface area contributed by atoms with Gasteiger partial charge in [0.25, 0.3) is 0 Å². The molecular weight excluding hydrogens is 250 g/mol. The first-order valence-corrected chi connectivity index (χ1v) is 7.38. The van der Waals surface area contributed by atoms with E-state index in [0.29, 0.717) is 18.4 Å². The lowest BCUT2D eigenvalue weighted by atomic mass is 9.86. The second kappa shape index (κ2) is 6.27. The monoisotopic (exact) mass is 275 g/mol. The van der Waals surface area contributed by atoms with E-state index in [1.807, 2.05) is 29.2 Å². The van der Waals surface area contributed by atoms with Crippen LogP contribution in [-0.4, -0.2) is 23.5 Å². The molecular formula is C16H25N3O. The minimum absolute atomic E-state index is 0.00919. The molecule has 1 aliphatic rings. The summed E-state index contributed by atoms with van der Waals surface area (Å²) < 4.78 is 0. The Bertz CT molecular complexity index is 475. The zero-order valence-corrected chi connectivity index (χ0v) is 12.6. The van der Waals surface area contributed by atoms with E-state index in [9.17, 15) is 4.79 Å². The number of piperidine rings is 1. The van der Waals surface area contributed by atoms with Crippen LogP contribution in [-0.2, 0) is 6.54 Å². The Labute approximate surface area is 121 Å². The summed E-state index contributed by atoms with van der Waals surface area (Å²) in [5.41, 5.74) is 7.47. The van der Waals surface area contributed by atoms with Gasteiger partial charge in [0.2, 0.25) is 0 Å². The molecule has 2 rings (SSSR count). The first-order chi connectivity index (χ1) is 9.51. The molecule has 0 aliphatic carbocycles. The fourth-order valence-corrected chi connectivity index (χ4v) is 2.95. The molecule has 0 bridgehead atoms. The first kappa shape index (κ1) is 14.9. The van der Waals surface area contributed by atoms with Gasteiger partial charge in [-0.05, 0) is 42.9 Å². The average molecular weight is 275 g/mol. The van der Waals surface area contributed by atoms with Crippen molar-refractivity contribution in [1.82, 2.24) is 4.90 Å². The van der Waals surface area contributed by atoms with E-state index in [1.54, 1.807) is 0 Å². The van der Waals surface area contributed by atoms with Crippen molar-refractivity contribution in [3.8, 4) is 0 Å². The predicted molar refractivity (Wildman–Crippen MR) is 82.5 cm³/mol. The lowest BCUT2D eigenvalue weighted by molar-refractivity contribution is 0.110. The molecule has 110 valence electrons. The van der Waals surface area contributed by atoms with Gasteiger partial charge in [0, 0.05) is 24.8 Å². The van der Waals surface area contributed by atoms with Crippen molar-refractivity contribution < 1.29 is 4.79 Å². The molecule has 1 aliphatic heterocycles. The van der Waals surface area contributed by atoms with E-state index >= 15 is 0 Å². The van der Waals surface area contributed by atoms with Crippen molar-refractivity contribution in [2.75, 3.05) is 11.9 Å². The molecule has 1 heterocycles. The summed E-state index contributed by atoms with van der Waals surface area (Å²) in [6.07, 6.45) is 1.19. The summed E-state index contributed by atoms with van der Waals surface area (Å²) in [6.45, 7) is 7.87. The van der Waals surface area contributed by atoms with Gasteiger partial charge in [0.15, 0.2) is 0 Å². The molecule has 1 saturated heterocycles. The zero-order valence-electron chi connectivity index (χ0n) is 12.6. The summed E-state index contributed by atoms with van der Waals surface area (Å²) in [6, 6.07) is 7.98. The van der Waals surface area contributed by atoms with Crippen LogP contribution in [0.1, 0.15) is 32.8 Å². The largest absolute Gasteiger partial charge is 0.326 e. The van der Waals surface area contributed by atoms with E-state index in [2.05, 4.69) is 26.1 Å². The molecule has 3 N–H and O–H groups in total. The Morgan fingerprint density at radius 1 is 1.40 bits per heavy atom. The number of nitrogens with zero attached hydrogens (tertiary/aromatic N) is 1. The fraction of sp³-hybridized carbons (Fsp3) is 0.562. The first-order valence-electron chi connectivity index (χ1n) is 7.38. The van der Waals surface area contributed by atoms with E-state index in [4.69, 9.17) is 5.73 Å². The molecule has 0 aromatic heterocycles. The standard InChI is InChI=1S/C16H25N3O/c1-11-7-12(2)13(3)19(10-11)16(20)18-15-6-4-5-14(8-15)9-17/h4-6,8,11-13H,7,9-10,17H2,1-3H3,(H,18,20). The molecule has 1 fully saturated rings. The summed E-state index contributed by atoms with van der Waals surface area (Å²) >= 11 is 0. The molecule has 3 unspecified atom stereocenters. The molecule has 0 saturated carbocycles. The maximum Gasteiger partial charge on any atom is 0.322 e. The van der Waals surface area contributed by atoms with Gasteiger partial charge in [-0.3, -0.25) is 0 Å². The van der Waals surface area contributed by atoms with Crippen LogP contribution in [0.2, 0.25) is 0 Å². The van der Waals surface area contributed by atoms with Crippen LogP contribution < -0.4 is 11.1 Å². The number of hydrogen-bond donors (Lipinski definition) is 2. The summed E-state index contributed by atoms with van der Waals surface area (Å²) in [5.74, 6) is 1.10. The van der Waals surface area contributed by atoms with Crippen molar-refractivity contribution >= 4 is 11.7 Å². The number of urea groups is 1. The lowest BCUT2D eigenvalue weighted by Gasteiger charge is -2.41. The van der Waals surface area contributed by atoms with Gasteiger partial charge >= 0.3 is 6.03 Å². The number of amides is 2.